The van der Waals surface area contributed by atoms with E-state index in [9.17, 15) is 4.39 Å². The molecule has 1 aliphatic rings. The molecule has 0 aliphatic carbocycles. The Kier molecular flexibility index (Phi) is 5.81. The Morgan fingerprint density at radius 2 is 2.03 bits per heavy atom. The number of benzene rings is 2. The first-order valence-corrected chi connectivity index (χ1v) is 12.4. The fourth-order valence-electron chi connectivity index (χ4n) is 5.18. The third-order valence-electron chi connectivity index (χ3n) is 7.15. The quantitative estimate of drug-likeness (QED) is 0.367. The van der Waals surface area contributed by atoms with Crippen LogP contribution in [0.5, 0.6) is 0 Å². The number of fused-ring (bicyclic) bond motifs is 1. The fraction of sp³-hybridized carbons (Fsp3) is 0.286. The number of aryl methyl sites for hydroxylation is 2. The van der Waals surface area contributed by atoms with E-state index in [0.29, 0.717) is 6.54 Å². The minimum atomic E-state index is -0.126. The fourth-order valence-corrected chi connectivity index (χ4v) is 5.18. The summed E-state index contributed by atoms with van der Waals surface area (Å²) in [5, 5.41) is 17.7. The molecule has 2 aromatic carbocycles. The van der Waals surface area contributed by atoms with Gasteiger partial charge in [-0.25, -0.2) is 9.07 Å². The van der Waals surface area contributed by atoms with Crippen molar-refractivity contribution < 1.29 is 4.39 Å². The molecule has 8 heteroatoms. The molecule has 0 spiro atoms. The highest BCUT2D eigenvalue weighted by Gasteiger charge is 2.25. The molecule has 1 N–H and O–H groups in total. The SMILES string of the molecule is Cc1cc(-c2n[nH]c3ccc(-n4cc([C@@H]5CCCN(Cc6c(C)cccc6F)C5)nn4)cc23)ccn1. The molecule has 182 valence electrons. The summed E-state index contributed by atoms with van der Waals surface area (Å²) in [4.78, 5) is 6.63. The van der Waals surface area contributed by atoms with E-state index in [1.807, 2.05) is 55.1 Å². The molecule has 5 aromatic rings. The first-order valence-electron chi connectivity index (χ1n) is 12.4. The zero-order valence-electron chi connectivity index (χ0n) is 20.4. The van der Waals surface area contributed by atoms with E-state index in [2.05, 4.69) is 36.5 Å². The van der Waals surface area contributed by atoms with Gasteiger partial charge in [-0.15, -0.1) is 5.10 Å². The monoisotopic (exact) mass is 481 g/mol. The largest absolute Gasteiger partial charge is 0.298 e. The summed E-state index contributed by atoms with van der Waals surface area (Å²) in [6.45, 7) is 6.39. The van der Waals surface area contributed by atoms with Crippen LogP contribution in [-0.4, -0.2) is 48.2 Å². The number of likely N-dealkylation sites (tertiary alicyclic amines) is 1. The van der Waals surface area contributed by atoms with Crippen LogP contribution in [0.1, 0.15) is 41.3 Å². The Hall–Kier alpha value is -3.91. The second-order valence-corrected chi connectivity index (χ2v) is 9.69. The Balaban J connectivity index is 1.24. The van der Waals surface area contributed by atoms with Crippen molar-refractivity contribution in [2.24, 2.45) is 0 Å². The van der Waals surface area contributed by atoms with E-state index in [1.165, 1.54) is 0 Å². The second-order valence-electron chi connectivity index (χ2n) is 9.69. The second kappa shape index (κ2) is 9.28. The van der Waals surface area contributed by atoms with Gasteiger partial charge in [0.25, 0.3) is 0 Å². The number of halogens is 1. The van der Waals surface area contributed by atoms with Crippen LogP contribution in [0.25, 0.3) is 27.8 Å². The van der Waals surface area contributed by atoms with Crippen LogP contribution in [0.4, 0.5) is 4.39 Å². The van der Waals surface area contributed by atoms with Crippen LogP contribution >= 0.6 is 0 Å². The highest BCUT2D eigenvalue weighted by atomic mass is 19.1. The van der Waals surface area contributed by atoms with Crippen molar-refractivity contribution in [1.82, 2.24) is 35.1 Å². The minimum Gasteiger partial charge on any atom is -0.298 e. The summed E-state index contributed by atoms with van der Waals surface area (Å²) < 4.78 is 16.2. The molecular formula is C28H28FN7. The van der Waals surface area contributed by atoms with E-state index in [0.717, 1.165) is 76.3 Å². The van der Waals surface area contributed by atoms with Crippen LogP contribution < -0.4 is 0 Å². The predicted molar refractivity (Wildman–Crippen MR) is 137 cm³/mol. The van der Waals surface area contributed by atoms with Gasteiger partial charge >= 0.3 is 0 Å². The molecule has 0 saturated carbocycles. The summed E-state index contributed by atoms with van der Waals surface area (Å²) in [7, 11) is 0. The number of pyridine rings is 1. The van der Waals surface area contributed by atoms with Crippen molar-refractivity contribution in [1.29, 1.82) is 0 Å². The third-order valence-corrected chi connectivity index (χ3v) is 7.15. The van der Waals surface area contributed by atoms with E-state index in [1.54, 1.807) is 18.3 Å². The van der Waals surface area contributed by atoms with E-state index in [-0.39, 0.29) is 11.7 Å². The number of hydrogen-bond donors (Lipinski definition) is 1. The standard InChI is InChI=1S/C28H28FN7/c1-18-5-3-7-25(29)24(18)16-35-12-4-6-21(15-35)27-17-36(34-32-27)22-8-9-26-23(14-22)28(33-31-26)20-10-11-30-19(2)13-20/h3,5,7-11,13-14,17,21H,4,6,12,15-16H2,1-2H3,(H,31,33)/t21-/m1/s1. The van der Waals surface area contributed by atoms with Crippen molar-refractivity contribution in [3.63, 3.8) is 0 Å². The van der Waals surface area contributed by atoms with Crippen LogP contribution in [0.2, 0.25) is 0 Å². The number of H-pyrrole nitrogens is 1. The lowest BCUT2D eigenvalue weighted by molar-refractivity contribution is 0.196. The van der Waals surface area contributed by atoms with Crippen LogP contribution in [0, 0.1) is 19.7 Å². The van der Waals surface area contributed by atoms with E-state index >= 15 is 0 Å². The van der Waals surface area contributed by atoms with Gasteiger partial charge in [0.05, 0.1) is 23.1 Å². The lowest BCUT2D eigenvalue weighted by Crippen LogP contribution is -2.34. The Bertz CT molecular complexity index is 1520. The summed E-state index contributed by atoms with van der Waals surface area (Å²) in [5.41, 5.74) is 7.53. The van der Waals surface area contributed by atoms with Crippen molar-refractivity contribution >= 4 is 10.9 Å². The molecular weight excluding hydrogens is 453 g/mol. The molecule has 0 unspecified atom stereocenters. The normalized spacial score (nSPS) is 16.6. The van der Waals surface area contributed by atoms with Crippen LogP contribution in [-0.2, 0) is 6.54 Å². The maximum atomic E-state index is 14.4. The smallest absolute Gasteiger partial charge is 0.127 e. The molecule has 0 radical (unpaired) electrons. The third kappa shape index (κ3) is 4.28. The number of nitrogens with one attached hydrogen (secondary N) is 1. The maximum Gasteiger partial charge on any atom is 0.127 e. The molecule has 3 aromatic heterocycles. The van der Waals surface area contributed by atoms with Gasteiger partial charge in [0, 0.05) is 47.4 Å². The van der Waals surface area contributed by atoms with Gasteiger partial charge in [0.1, 0.15) is 11.5 Å². The highest BCUT2D eigenvalue weighted by Crippen LogP contribution is 2.30. The molecule has 4 heterocycles. The molecule has 1 fully saturated rings. The summed E-state index contributed by atoms with van der Waals surface area (Å²) in [6.07, 6.45) is 5.94. The number of piperidine rings is 1. The Labute approximate surface area is 209 Å². The minimum absolute atomic E-state index is 0.126. The molecule has 1 aliphatic heterocycles. The average Bonchev–Trinajstić information content (AvgIpc) is 3.54. The van der Waals surface area contributed by atoms with Crippen molar-refractivity contribution in [3.8, 4) is 16.9 Å². The van der Waals surface area contributed by atoms with Gasteiger partial charge in [-0.05, 0) is 75.2 Å². The van der Waals surface area contributed by atoms with Gasteiger partial charge in [-0.3, -0.25) is 15.0 Å². The van der Waals surface area contributed by atoms with E-state index < -0.39 is 0 Å². The van der Waals surface area contributed by atoms with Crippen molar-refractivity contribution in [3.05, 3.63) is 89.3 Å². The van der Waals surface area contributed by atoms with Gasteiger partial charge < -0.3 is 0 Å². The average molecular weight is 482 g/mol. The van der Waals surface area contributed by atoms with Crippen molar-refractivity contribution in [2.75, 3.05) is 13.1 Å². The van der Waals surface area contributed by atoms with Gasteiger partial charge in [0.2, 0.25) is 0 Å². The predicted octanol–water partition coefficient (Wildman–Crippen LogP) is 5.34. The molecule has 0 bridgehead atoms. The number of rotatable bonds is 5. The maximum absolute atomic E-state index is 14.4. The van der Waals surface area contributed by atoms with Crippen LogP contribution in [0.3, 0.4) is 0 Å². The molecule has 1 saturated heterocycles. The number of hydrogen-bond acceptors (Lipinski definition) is 5. The summed E-state index contributed by atoms with van der Waals surface area (Å²) >= 11 is 0. The topological polar surface area (TPSA) is 75.5 Å². The molecule has 1 atom stereocenters. The molecule has 7 nitrogen and oxygen atoms in total. The van der Waals surface area contributed by atoms with E-state index in [4.69, 9.17) is 0 Å². The lowest BCUT2D eigenvalue weighted by atomic mass is 9.94. The Morgan fingerprint density at radius 1 is 1.11 bits per heavy atom. The summed E-state index contributed by atoms with van der Waals surface area (Å²) in [6, 6.07) is 15.4. The van der Waals surface area contributed by atoms with Gasteiger partial charge in [0.15, 0.2) is 0 Å². The first-order chi connectivity index (χ1) is 17.5. The van der Waals surface area contributed by atoms with Gasteiger partial charge in [-0.1, -0.05) is 17.3 Å². The number of aromatic amines is 1. The molecule has 36 heavy (non-hydrogen) atoms. The lowest BCUT2D eigenvalue weighted by Gasteiger charge is -2.32. The zero-order chi connectivity index (χ0) is 24.6. The Morgan fingerprint density at radius 3 is 2.89 bits per heavy atom. The zero-order valence-corrected chi connectivity index (χ0v) is 20.4. The highest BCUT2D eigenvalue weighted by molar-refractivity contribution is 5.94. The molecule has 0 amide bonds. The van der Waals surface area contributed by atoms with Gasteiger partial charge in [-0.2, -0.15) is 5.10 Å². The first kappa shape index (κ1) is 22.5. The number of aromatic nitrogens is 6. The molecule has 6 rings (SSSR count). The van der Waals surface area contributed by atoms with Crippen LogP contribution in [0.15, 0.2) is 60.9 Å². The summed E-state index contributed by atoms with van der Waals surface area (Å²) in [5.74, 6) is 0.145. The number of nitrogens with zero attached hydrogens (tertiary/aromatic N) is 6. The van der Waals surface area contributed by atoms with Crippen molar-refractivity contribution in [2.45, 2.75) is 39.2 Å².